The van der Waals surface area contributed by atoms with E-state index in [0.717, 1.165) is 27.1 Å². The van der Waals surface area contributed by atoms with E-state index in [0.29, 0.717) is 5.82 Å². The van der Waals surface area contributed by atoms with Crippen molar-refractivity contribution in [2.75, 3.05) is 0 Å². The van der Waals surface area contributed by atoms with Crippen LogP contribution in [0.5, 0.6) is 0 Å². The lowest BCUT2D eigenvalue weighted by Gasteiger charge is -2.20. The Hall–Kier alpha value is -1.79. The van der Waals surface area contributed by atoms with Crippen molar-refractivity contribution in [2.24, 2.45) is 7.05 Å². The molecule has 138 valence electrons. The van der Waals surface area contributed by atoms with Crippen LogP contribution in [0.15, 0.2) is 35.2 Å². The Labute approximate surface area is 163 Å². The van der Waals surface area contributed by atoms with Gasteiger partial charge in [0.15, 0.2) is 5.82 Å². The second-order valence-electron chi connectivity index (χ2n) is 7.86. The molecule has 2 aromatic heterocycles. The van der Waals surface area contributed by atoms with Gasteiger partial charge in [-0.05, 0) is 44.2 Å². The fourth-order valence-electron chi connectivity index (χ4n) is 2.53. The summed E-state index contributed by atoms with van der Waals surface area (Å²) in [5.41, 5.74) is 1.92. The van der Waals surface area contributed by atoms with E-state index in [9.17, 15) is 0 Å². The number of nitrogens with zero attached hydrogens (tertiary/aromatic N) is 4. The number of thioether (sulfide) groups is 1. The van der Waals surface area contributed by atoms with Crippen LogP contribution in [0.3, 0.4) is 0 Å². The fraction of sp³-hybridized carbons (Fsp3) is 0.421. The number of nitrogens with one attached hydrogen (secondary N) is 1. The van der Waals surface area contributed by atoms with Crippen LogP contribution in [0.25, 0.3) is 11.5 Å². The van der Waals surface area contributed by atoms with Crippen molar-refractivity contribution in [1.82, 2.24) is 25.0 Å². The molecule has 3 rings (SSSR count). The molecule has 0 unspecified atom stereocenters. The molecule has 1 N–H and O–H groups in total. The molecule has 0 bridgehead atoms. The molecule has 7 heteroatoms. The van der Waals surface area contributed by atoms with Gasteiger partial charge in [-0.15, -0.1) is 11.8 Å². The third kappa shape index (κ3) is 3.96. The minimum Gasteiger partial charge on any atom is -0.264 e. The maximum atomic E-state index is 5.97. The Kier molecular flexibility index (Phi) is 4.92. The molecule has 0 atom stereocenters. The van der Waals surface area contributed by atoms with Gasteiger partial charge in [-0.25, -0.2) is 4.98 Å². The summed E-state index contributed by atoms with van der Waals surface area (Å²) in [4.78, 5) is 5.88. The highest BCUT2D eigenvalue weighted by atomic mass is 35.5. The number of rotatable bonds is 4. The van der Waals surface area contributed by atoms with Gasteiger partial charge >= 0.3 is 0 Å². The van der Waals surface area contributed by atoms with Gasteiger partial charge in [-0.2, -0.15) is 10.2 Å². The first-order chi connectivity index (χ1) is 12.1. The predicted molar refractivity (Wildman–Crippen MR) is 108 cm³/mol. The zero-order valence-electron chi connectivity index (χ0n) is 16.0. The van der Waals surface area contributed by atoms with Crippen LogP contribution >= 0.6 is 23.4 Å². The molecule has 0 saturated heterocycles. The summed E-state index contributed by atoms with van der Waals surface area (Å²) in [5, 5.41) is 12.9. The molecule has 26 heavy (non-hydrogen) atoms. The van der Waals surface area contributed by atoms with Gasteiger partial charge in [0, 0.05) is 22.4 Å². The Morgan fingerprint density at radius 2 is 1.73 bits per heavy atom. The van der Waals surface area contributed by atoms with Crippen molar-refractivity contribution >= 4 is 23.4 Å². The van der Waals surface area contributed by atoms with Crippen LogP contribution in [0.1, 0.15) is 46.1 Å². The molecular formula is C19H24ClN5S. The van der Waals surface area contributed by atoms with Crippen molar-refractivity contribution in [3.8, 4) is 11.5 Å². The van der Waals surface area contributed by atoms with Crippen LogP contribution in [-0.2, 0) is 17.2 Å². The second-order valence-corrected chi connectivity index (χ2v) is 9.99. The standard InChI is InChI=1S/C19H24ClN5S/c1-18(2,3)15-11-14(25(6)24-15)16-21-17(23-22-16)19(4,5)26-13-9-7-12(20)8-10-13/h7-11H,1-6H3,(H,21,22,23). The van der Waals surface area contributed by atoms with Gasteiger partial charge in [0.2, 0.25) is 0 Å². The van der Waals surface area contributed by atoms with E-state index in [2.05, 4.69) is 56.0 Å². The number of aryl methyl sites for hydroxylation is 1. The average molecular weight is 390 g/mol. The van der Waals surface area contributed by atoms with Crippen molar-refractivity contribution in [1.29, 1.82) is 0 Å². The van der Waals surface area contributed by atoms with Gasteiger partial charge in [0.25, 0.3) is 0 Å². The fourth-order valence-corrected chi connectivity index (χ4v) is 3.71. The molecule has 0 amide bonds. The molecule has 0 aliphatic carbocycles. The lowest BCUT2D eigenvalue weighted by atomic mass is 9.92. The molecule has 0 saturated carbocycles. The molecule has 5 nitrogen and oxygen atoms in total. The van der Waals surface area contributed by atoms with E-state index >= 15 is 0 Å². The highest BCUT2D eigenvalue weighted by Gasteiger charge is 2.28. The zero-order valence-corrected chi connectivity index (χ0v) is 17.5. The molecule has 0 spiro atoms. The summed E-state index contributed by atoms with van der Waals surface area (Å²) in [7, 11) is 1.92. The van der Waals surface area contributed by atoms with Gasteiger partial charge in [0.1, 0.15) is 11.5 Å². The van der Waals surface area contributed by atoms with Crippen molar-refractivity contribution in [3.05, 3.63) is 46.9 Å². The Balaban J connectivity index is 1.87. The van der Waals surface area contributed by atoms with Crippen molar-refractivity contribution in [3.63, 3.8) is 0 Å². The molecule has 1 aromatic carbocycles. The van der Waals surface area contributed by atoms with Crippen LogP contribution in [0.4, 0.5) is 0 Å². The number of benzene rings is 1. The largest absolute Gasteiger partial charge is 0.264 e. The molecule has 0 fully saturated rings. The Bertz CT molecular complexity index is 903. The van der Waals surface area contributed by atoms with Crippen LogP contribution < -0.4 is 0 Å². The van der Waals surface area contributed by atoms with Crippen LogP contribution in [0, 0.1) is 0 Å². The Morgan fingerprint density at radius 3 is 2.31 bits per heavy atom. The minimum atomic E-state index is -0.259. The summed E-state index contributed by atoms with van der Waals surface area (Å²) < 4.78 is 1.58. The number of hydrogen-bond acceptors (Lipinski definition) is 4. The summed E-state index contributed by atoms with van der Waals surface area (Å²) in [6.07, 6.45) is 0. The van der Waals surface area contributed by atoms with Crippen molar-refractivity contribution in [2.45, 2.75) is 49.7 Å². The van der Waals surface area contributed by atoms with E-state index in [1.807, 2.05) is 36.0 Å². The van der Waals surface area contributed by atoms with E-state index in [1.165, 1.54) is 0 Å². The first-order valence-electron chi connectivity index (χ1n) is 8.48. The highest BCUT2D eigenvalue weighted by molar-refractivity contribution is 8.00. The van der Waals surface area contributed by atoms with Gasteiger partial charge in [0.05, 0.1) is 10.4 Å². The molecule has 2 heterocycles. The Morgan fingerprint density at radius 1 is 1.08 bits per heavy atom. The highest BCUT2D eigenvalue weighted by Crippen LogP contribution is 2.40. The topological polar surface area (TPSA) is 59.4 Å². The minimum absolute atomic E-state index is 0.0150. The molecule has 0 aliphatic rings. The number of halogens is 1. The summed E-state index contributed by atoms with van der Waals surface area (Å²) >= 11 is 7.69. The van der Waals surface area contributed by atoms with Crippen LogP contribution in [-0.4, -0.2) is 25.0 Å². The van der Waals surface area contributed by atoms with Gasteiger partial charge in [-0.1, -0.05) is 32.4 Å². The van der Waals surface area contributed by atoms with Gasteiger partial charge < -0.3 is 0 Å². The normalized spacial score (nSPS) is 12.6. The summed E-state index contributed by atoms with van der Waals surface area (Å²) in [6, 6.07) is 9.89. The third-order valence-corrected chi connectivity index (χ3v) is 5.58. The van der Waals surface area contributed by atoms with E-state index < -0.39 is 0 Å². The zero-order chi connectivity index (χ0) is 19.1. The number of H-pyrrole nitrogens is 1. The number of aromatic nitrogens is 5. The SMILES string of the molecule is Cn1nc(C(C)(C)C)cc1-c1n[nH]c(C(C)(C)Sc2ccc(Cl)cc2)n1. The van der Waals surface area contributed by atoms with Crippen molar-refractivity contribution < 1.29 is 0 Å². The summed E-state index contributed by atoms with van der Waals surface area (Å²) in [6.45, 7) is 10.7. The molecule has 0 aliphatic heterocycles. The van der Waals surface area contributed by atoms with E-state index in [1.54, 1.807) is 11.8 Å². The first-order valence-corrected chi connectivity index (χ1v) is 9.68. The number of aromatic amines is 1. The third-order valence-electron chi connectivity index (χ3n) is 4.12. The molecular weight excluding hydrogens is 366 g/mol. The van der Waals surface area contributed by atoms with E-state index in [-0.39, 0.29) is 10.2 Å². The lowest BCUT2D eigenvalue weighted by molar-refractivity contribution is 0.553. The van der Waals surface area contributed by atoms with Crippen LogP contribution in [0.2, 0.25) is 5.02 Å². The molecule has 3 aromatic rings. The quantitative estimate of drug-likeness (QED) is 0.624. The first kappa shape index (κ1) is 19.0. The number of hydrogen-bond donors (Lipinski definition) is 1. The second kappa shape index (κ2) is 6.74. The smallest absolute Gasteiger partial charge is 0.199 e. The summed E-state index contributed by atoms with van der Waals surface area (Å²) in [5.74, 6) is 1.49. The maximum absolute atomic E-state index is 5.97. The monoisotopic (exact) mass is 389 g/mol. The average Bonchev–Trinajstić information content (AvgIpc) is 3.15. The maximum Gasteiger partial charge on any atom is 0.199 e. The van der Waals surface area contributed by atoms with Gasteiger partial charge in [-0.3, -0.25) is 9.78 Å². The predicted octanol–water partition coefficient (Wildman–Crippen LogP) is 5.18. The van der Waals surface area contributed by atoms with E-state index in [4.69, 9.17) is 16.6 Å². The lowest BCUT2D eigenvalue weighted by Crippen LogP contribution is -2.14. The molecule has 0 radical (unpaired) electrons.